The van der Waals surface area contributed by atoms with Crippen molar-refractivity contribution in [1.29, 1.82) is 0 Å². The van der Waals surface area contributed by atoms with Crippen LogP contribution in [0.1, 0.15) is 39.0 Å². The van der Waals surface area contributed by atoms with E-state index in [-0.39, 0.29) is 0 Å². The molecular weight excluding hydrogens is 150 g/mol. The second-order valence-electron chi connectivity index (χ2n) is 3.59. The molecule has 0 aromatic carbocycles. The molecule has 0 radical (unpaired) electrons. The summed E-state index contributed by atoms with van der Waals surface area (Å²) in [6, 6.07) is 0. The predicted octanol–water partition coefficient (Wildman–Crippen LogP) is 2.09. The molecule has 0 N–H and O–H groups in total. The molecule has 0 spiro atoms. The third kappa shape index (κ3) is 7.73. The maximum Gasteiger partial charge on any atom is 0.146 e. The van der Waals surface area contributed by atoms with Crippen molar-refractivity contribution in [2.45, 2.75) is 39.0 Å². The molecule has 12 heavy (non-hydrogen) atoms. The van der Waals surface area contributed by atoms with Crippen LogP contribution in [0.2, 0.25) is 0 Å². The number of likely N-dealkylation sites (N-methyl/N-ethyl adjacent to an activating group) is 1. The Morgan fingerprint density at radius 1 is 1.17 bits per heavy atom. The van der Waals surface area contributed by atoms with Gasteiger partial charge in [0.15, 0.2) is 0 Å². The molecule has 0 fully saturated rings. The van der Waals surface area contributed by atoms with E-state index in [0.717, 1.165) is 12.8 Å². The minimum absolute atomic E-state index is 0.371. The van der Waals surface area contributed by atoms with Crippen molar-refractivity contribution in [1.82, 2.24) is 4.90 Å². The molecule has 0 unspecified atom stereocenters. The van der Waals surface area contributed by atoms with E-state index >= 15 is 0 Å². The van der Waals surface area contributed by atoms with Crippen LogP contribution < -0.4 is 0 Å². The number of rotatable bonds is 7. The normalized spacial score (nSPS) is 10.7. The van der Waals surface area contributed by atoms with Gasteiger partial charge in [-0.05, 0) is 20.5 Å². The zero-order chi connectivity index (χ0) is 9.40. The standard InChI is InChI=1S/C10H21NO/c1-4-5-6-7-8-10(12)9-11(2)3/h4-9H2,1-3H3. The molecule has 0 heterocycles. The van der Waals surface area contributed by atoms with Crippen LogP contribution in [-0.2, 0) is 4.79 Å². The fourth-order valence-corrected chi connectivity index (χ4v) is 1.18. The lowest BCUT2D eigenvalue weighted by molar-refractivity contribution is -0.119. The highest BCUT2D eigenvalue weighted by Gasteiger charge is 2.01. The van der Waals surface area contributed by atoms with Crippen LogP contribution in [-0.4, -0.2) is 31.3 Å². The van der Waals surface area contributed by atoms with Gasteiger partial charge in [0.1, 0.15) is 5.78 Å². The van der Waals surface area contributed by atoms with Crippen molar-refractivity contribution >= 4 is 5.78 Å². The number of nitrogens with zero attached hydrogens (tertiary/aromatic N) is 1. The minimum atomic E-state index is 0.371. The van der Waals surface area contributed by atoms with Crippen LogP contribution >= 0.6 is 0 Å². The summed E-state index contributed by atoms with van der Waals surface area (Å²) in [4.78, 5) is 13.1. The Balaban J connectivity index is 3.20. The van der Waals surface area contributed by atoms with Gasteiger partial charge >= 0.3 is 0 Å². The highest BCUT2D eigenvalue weighted by Crippen LogP contribution is 2.02. The van der Waals surface area contributed by atoms with Crippen molar-refractivity contribution in [3.05, 3.63) is 0 Å². The quantitative estimate of drug-likeness (QED) is 0.547. The number of carbonyl (C=O) groups excluding carboxylic acids is 1. The lowest BCUT2D eigenvalue weighted by Crippen LogP contribution is -2.21. The zero-order valence-electron chi connectivity index (χ0n) is 8.60. The van der Waals surface area contributed by atoms with Gasteiger partial charge in [-0.25, -0.2) is 0 Å². The largest absolute Gasteiger partial charge is 0.302 e. The van der Waals surface area contributed by atoms with Crippen LogP contribution in [0.5, 0.6) is 0 Å². The summed E-state index contributed by atoms with van der Waals surface area (Å²) in [5.41, 5.74) is 0. The lowest BCUT2D eigenvalue weighted by atomic mass is 10.1. The van der Waals surface area contributed by atoms with Crippen LogP contribution in [0, 0.1) is 0 Å². The third-order valence-electron chi connectivity index (χ3n) is 1.80. The fourth-order valence-electron chi connectivity index (χ4n) is 1.18. The van der Waals surface area contributed by atoms with Crippen molar-refractivity contribution in [2.75, 3.05) is 20.6 Å². The number of unbranched alkanes of at least 4 members (excludes halogenated alkanes) is 3. The van der Waals surface area contributed by atoms with E-state index in [4.69, 9.17) is 0 Å². The number of hydrogen-bond acceptors (Lipinski definition) is 2. The summed E-state index contributed by atoms with van der Waals surface area (Å²) in [5, 5.41) is 0. The monoisotopic (exact) mass is 171 g/mol. The van der Waals surface area contributed by atoms with E-state index < -0.39 is 0 Å². The predicted molar refractivity (Wildman–Crippen MR) is 52.3 cm³/mol. The summed E-state index contributed by atoms with van der Waals surface area (Å²) < 4.78 is 0. The molecule has 0 bridgehead atoms. The maximum absolute atomic E-state index is 11.2. The van der Waals surface area contributed by atoms with Gasteiger partial charge in [0, 0.05) is 6.42 Å². The minimum Gasteiger partial charge on any atom is -0.302 e. The van der Waals surface area contributed by atoms with Gasteiger partial charge in [-0.3, -0.25) is 4.79 Å². The smallest absolute Gasteiger partial charge is 0.146 e. The molecule has 2 nitrogen and oxygen atoms in total. The first-order valence-electron chi connectivity index (χ1n) is 4.83. The van der Waals surface area contributed by atoms with Crippen molar-refractivity contribution in [3.63, 3.8) is 0 Å². The second kappa shape index (κ2) is 7.29. The SMILES string of the molecule is CCCCCCC(=O)CN(C)C. The van der Waals surface area contributed by atoms with Crippen LogP contribution in [0.25, 0.3) is 0 Å². The summed E-state index contributed by atoms with van der Waals surface area (Å²) in [7, 11) is 3.87. The molecule has 0 saturated heterocycles. The molecule has 0 aliphatic carbocycles. The van der Waals surface area contributed by atoms with Crippen LogP contribution in [0.15, 0.2) is 0 Å². The van der Waals surface area contributed by atoms with E-state index in [1.165, 1.54) is 19.3 Å². The van der Waals surface area contributed by atoms with Gasteiger partial charge in [0.25, 0.3) is 0 Å². The molecular formula is C10H21NO. The highest BCUT2D eigenvalue weighted by atomic mass is 16.1. The number of carbonyl (C=O) groups is 1. The Morgan fingerprint density at radius 2 is 1.83 bits per heavy atom. The molecule has 0 aromatic rings. The third-order valence-corrected chi connectivity index (χ3v) is 1.80. The first-order chi connectivity index (χ1) is 5.66. The Hall–Kier alpha value is -0.370. The zero-order valence-corrected chi connectivity index (χ0v) is 8.60. The van der Waals surface area contributed by atoms with Crippen molar-refractivity contribution in [3.8, 4) is 0 Å². The molecule has 0 aliphatic rings. The number of hydrogen-bond donors (Lipinski definition) is 0. The highest BCUT2D eigenvalue weighted by molar-refractivity contribution is 5.80. The van der Waals surface area contributed by atoms with Crippen molar-refractivity contribution in [2.24, 2.45) is 0 Å². The first kappa shape index (κ1) is 11.6. The van der Waals surface area contributed by atoms with E-state index in [2.05, 4.69) is 6.92 Å². The van der Waals surface area contributed by atoms with Crippen molar-refractivity contribution < 1.29 is 4.79 Å². The molecule has 72 valence electrons. The van der Waals surface area contributed by atoms with Crippen LogP contribution in [0.3, 0.4) is 0 Å². The number of ketones is 1. The average molecular weight is 171 g/mol. The Morgan fingerprint density at radius 3 is 2.33 bits per heavy atom. The average Bonchev–Trinajstić information content (AvgIpc) is 1.97. The van der Waals surface area contributed by atoms with Gasteiger partial charge in [-0.2, -0.15) is 0 Å². The van der Waals surface area contributed by atoms with E-state index in [9.17, 15) is 4.79 Å². The summed E-state index contributed by atoms with van der Waals surface area (Å²) in [5.74, 6) is 0.371. The van der Waals surface area contributed by atoms with Gasteiger partial charge < -0.3 is 4.90 Å². The Bertz CT molecular complexity index is 121. The fraction of sp³-hybridized carbons (Fsp3) is 0.900. The Labute approximate surface area is 75.9 Å². The molecule has 0 aliphatic heterocycles. The topological polar surface area (TPSA) is 20.3 Å². The maximum atomic E-state index is 11.2. The lowest BCUT2D eigenvalue weighted by Gasteiger charge is -2.07. The van der Waals surface area contributed by atoms with Gasteiger partial charge in [-0.15, -0.1) is 0 Å². The molecule has 0 rings (SSSR count). The first-order valence-corrected chi connectivity index (χ1v) is 4.83. The summed E-state index contributed by atoms with van der Waals surface area (Å²) in [6.45, 7) is 2.79. The second-order valence-corrected chi connectivity index (χ2v) is 3.59. The molecule has 0 aromatic heterocycles. The van der Waals surface area contributed by atoms with Gasteiger partial charge in [0.2, 0.25) is 0 Å². The van der Waals surface area contributed by atoms with E-state index in [1.807, 2.05) is 19.0 Å². The molecule has 0 amide bonds. The molecule has 0 saturated carbocycles. The number of Topliss-reactive ketones (excluding diaryl/α,β-unsaturated/α-hetero) is 1. The van der Waals surface area contributed by atoms with Crippen LogP contribution in [0.4, 0.5) is 0 Å². The van der Waals surface area contributed by atoms with E-state index in [1.54, 1.807) is 0 Å². The summed E-state index contributed by atoms with van der Waals surface area (Å²) >= 11 is 0. The Kier molecular flexibility index (Phi) is 7.06. The van der Waals surface area contributed by atoms with Gasteiger partial charge in [0.05, 0.1) is 6.54 Å². The van der Waals surface area contributed by atoms with E-state index in [0.29, 0.717) is 12.3 Å². The molecule has 2 heteroatoms. The van der Waals surface area contributed by atoms with Gasteiger partial charge in [-0.1, -0.05) is 26.2 Å². The molecule has 0 atom stereocenters. The summed E-state index contributed by atoms with van der Waals surface area (Å²) in [6.07, 6.45) is 5.53.